The molecule has 1 aromatic carbocycles. The van der Waals surface area contributed by atoms with E-state index in [1.54, 1.807) is 5.38 Å². The zero-order valence-corrected chi connectivity index (χ0v) is 21.2. The van der Waals surface area contributed by atoms with Gasteiger partial charge >= 0.3 is 0 Å². The molecule has 3 aromatic rings. The first-order valence-corrected chi connectivity index (χ1v) is 12.1. The summed E-state index contributed by atoms with van der Waals surface area (Å²) in [5.74, 6) is 0.660. The van der Waals surface area contributed by atoms with Gasteiger partial charge in [-0.3, -0.25) is 4.79 Å². The van der Waals surface area contributed by atoms with E-state index >= 15 is 0 Å². The normalized spacial score (nSPS) is 13.8. The molecule has 0 radical (unpaired) electrons. The Hall–Kier alpha value is -3.44. The molecule has 35 heavy (non-hydrogen) atoms. The highest BCUT2D eigenvalue weighted by molar-refractivity contribution is 7.11. The number of methoxy groups -OCH3 is 2. The second-order valence-electron chi connectivity index (χ2n) is 8.80. The topological polar surface area (TPSA) is 128 Å². The van der Waals surface area contributed by atoms with E-state index in [0.717, 1.165) is 24.2 Å². The minimum absolute atomic E-state index is 0.0938. The number of aliphatic hydroxyl groups excluding tert-OH is 1. The van der Waals surface area contributed by atoms with E-state index in [4.69, 9.17) is 19.3 Å². The minimum Gasteiger partial charge on any atom is -0.479 e. The second kappa shape index (κ2) is 10.0. The van der Waals surface area contributed by atoms with Gasteiger partial charge in [0.25, 0.3) is 11.1 Å². The van der Waals surface area contributed by atoms with Crippen molar-refractivity contribution in [3.63, 3.8) is 0 Å². The van der Waals surface area contributed by atoms with Crippen LogP contribution in [0.25, 0.3) is 0 Å². The van der Waals surface area contributed by atoms with Crippen LogP contribution in [0.1, 0.15) is 47.4 Å². The van der Waals surface area contributed by atoms with Crippen molar-refractivity contribution < 1.29 is 24.1 Å². The van der Waals surface area contributed by atoms with Crippen molar-refractivity contribution in [2.45, 2.75) is 39.0 Å². The first-order chi connectivity index (χ1) is 16.7. The molecule has 11 heteroatoms. The maximum absolute atomic E-state index is 12.9. The molecule has 0 bridgehead atoms. The molecule has 10 nitrogen and oxygen atoms in total. The Morgan fingerprint density at radius 1 is 1.17 bits per heavy atom. The SMILES string of the molecule is COc1nc(NCCO)nc(OC)c1NC(=O)c1csc(Oc2cc3c(cc2C)CCC3(C)C)n1. The van der Waals surface area contributed by atoms with Gasteiger partial charge in [-0.25, -0.2) is 0 Å². The van der Waals surface area contributed by atoms with Crippen LogP contribution in [0.3, 0.4) is 0 Å². The van der Waals surface area contributed by atoms with E-state index in [-0.39, 0.29) is 47.7 Å². The van der Waals surface area contributed by atoms with Crippen LogP contribution >= 0.6 is 11.3 Å². The number of rotatable bonds is 9. The predicted molar refractivity (Wildman–Crippen MR) is 133 cm³/mol. The summed E-state index contributed by atoms with van der Waals surface area (Å²) in [4.78, 5) is 25.7. The lowest BCUT2D eigenvalue weighted by molar-refractivity contribution is 0.102. The number of anilines is 2. The van der Waals surface area contributed by atoms with E-state index in [2.05, 4.69) is 51.6 Å². The van der Waals surface area contributed by atoms with E-state index in [1.165, 1.54) is 36.7 Å². The fourth-order valence-corrected chi connectivity index (χ4v) is 4.69. The molecule has 0 unspecified atom stereocenters. The number of carbonyl (C=O) groups is 1. The van der Waals surface area contributed by atoms with E-state index < -0.39 is 5.91 Å². The predicted octanol–water partition coefficient (Wildman–Crippen LogP) is 3.93. The Morgan fingerprint density at radius 3 is 2.54 bits per heavy atom. The summed E-state index contributed by atoms with van der Waals surface area (Å²) in [7, 11) is 2.84. The molecule has 1 aliphatic carbocycles. The number of carbonyl (C=O) groups excluding carboxylic acids is 1. The number of aryl methyl sites for hydroxylation is 2. The van der Waals surface area contributed by atoms with Crippen molar-refractivity contribution in [2.75, 3.05) is 38.0 Å². The lowest BCUT2D eigenvalue weighted by atomic mass is 9.86. The van der Waals surface area contributed by atoms with Crippen molar-refractivity contribution in [2.24, 2.45) is 0 Å². The molecule has 1 amide bonds. The van der Waals surface area contributed by atoms with Gasteiger partial charge < -0.3 is 30.0 Å². The highest BCUT2D eigenvalue weighted by atomic mass is 32.1. The average Bonchev–Trinajstić information content (AvgIpc) is 3.42. The number of ether oxygens (including phenoxy) is 3. The molecule has 4 rings (SSSR count). The van der Waals surface area contributed by atoms with Gasteiger partial charge in [-0.2, -0.15) is 15.0 Å². The molecule has 2 heterocycles. The van der Waals surface area contributed by atoms with Crippen molar-refractivity contribution in [1.82, 2.24) is 15.0 Å². The number of nitrogens with one attached hydrogen (secondary N) is 2. The largest absolute Gasteiger partial charge is 0.479 e. The quantitative estimate of drug-likeness (QED) is 0.401. The first-order valence-electron chi connectivity index (χ1n) is 11.2. The van der Waals surface area contributed by atoms with Gasteiger partial charge in [-0.05, 0) is 47.9 Å². The molecule has 0 atom stereocenters. The summed E-state index contributed by atoms with van der Waals surface area (Å²) in [6.07, 6.45) is 2.18. The third kappa shape index (κ3) is 5.15. The fraction of sp³-hybridized carbons (Fsp3) is 0.417. The molecule has 1 aliphatic rings. The summed E-state index contributed by atoms with van der Waals surface area (Å²) >= 11 is 1.24. The third-order valence-electron chi connectivity index (χ3n) is 5.93. The highest BCUT2D eigenvalue weighted by Gasteiger charge is 2.31. The van der Waals surface area contributed by atoms with Gasteiger partial charge in [-0.1, -0.05) is 31.3 Å². The molecule has 0 saturated heterocycles. The van der Waals surface area contributed by atoms with Gasteiger partial charge in [0.05, 0.1) is 20.8 Å². The number of nitrogens with zero attached hydrogens (tertiary/aromatic N) is 3. The van der Waals surface area contributed by atoms with Gasteiger partial charge in [0, 0.05) is 11.9 Å². The highest BCUT2D eigenvalue weighted by Crippen LogP contribution is 2.42. The zero-order valence-electron chi connectivity index (χ0n) is 20.4. The van der Waals surface area contributed by atoms with Crippen LogP contribution in [-0.2, 0) is 11.8 Å². The molecule has 0 aliphatic heterocycles. The van der Waals surface area contributed by atoms with Crippen LogP contribution in [0, 0.1) is 6.92 Å². The smallest absolute Gasteiger partial charge is 0.279 e. The lowest BCUT2D eigenvalue weighted by Gasteiger charge is -2.20. The molecular formula is C24H29N5O5S. The van der Waals surface area contributed by atoms with Crippen LogP contribution in [0.5, 0.6) is 22.7 Å². The number of benzene rings is 1. The van der Waals surface area contributed by atoms with Gasteiger partial charge in [-0.15, -0.1) is 0 Å². The maximum atomic E-state index is 12.9. The fourth-order valence-electron chi connectivity index (χ4n) is 4.03. The first kappa shape index (κ1) is 24.7. The molecule has 0 spiro atoms. The number of hydrogen-bond acceptors (Lipinski definition) is 10. The molecule has 2 aromatic heterocycles. The van der Waals surface area contributed by atoms with Gasteiger partial charge in [0.1, 0.15) is 11.4 Å². The number of hydrogen-bond donors (Lipinski definition) is 3. The Kier molecular flexibility index (Phi) is 7.08. The summed E-state index contributed by atoms with van der Waals surface area (Å²) in [5, 5.41) is 16.5. The Balaban J connectivity index is 1.53. The molecule has 0 saturated carbocycles. The average molecular weight is 500 g/mol. The van der Waals surface area contributed by atoms with Crippen molar-refractivity contribution in [1.29, 1.82) is 0 Å². The summed E-state index contributed by atoms with van der Waals surface area (Å²) in [6, 6.07) is 4.27. The number of fused-ring (bicyclic) bond motifs is 1. The number of amides is 1. The number of aromatic nitrogens is 3. The molecule has 0 fully saturated rings. The summed E-state index contributed by atoms with van der Waals surface area (Å²) in [5.41, 5.74) is 4.14. The van der Waals surface area contributed by atoms with E-state index in [1.807, 2.05) is 6.92 Å². The minimum atomic E-state index is -0.487. The monoisotopic (exact) mass is 499 g/mol. The Morgan fingerprint density at radius 2 is 1.89 bits per heavy atom. The molecule has 186 valence electrons. The maximum Gasteiger partial charge on any atom is 0.279 e. The van der Waals surface area contributed by atoms with Crippen LogP contribution < -0.4 is 24.8 Å². The van der Waals surface area contributed by atoms with Crippen molar-refractivity contribution >= 4 is 28.9 Å². The van der Waals surface area contributed by atoms with Crippen LogP contribution in [0.2, 0.25) is 0 Å². The number of thiazole rings is 1. The Labute approximate surface area is 207 Å². The summed E-state index contributed by atoms with van der Waals surface area (Å²) < 4.78 is 16.7. The van der Waals surface area contributed by atoms with Gasteiger partial charge in [0.15, 0.2) is 5.69 Å². The third-order valence-corrected chi connectivity index (χ3v) is 6.64. The number of aliphatic hydroxyl groups is 1. The van der Waals surface area contributed by atoms with Crippen LogP contribution in [0.4, 0.5) is 11.6 Å². The van der Waals surface area contributed by atoms with E-state index in [0.29, 0.717) is 5.19 Å². The second-order valence-corrected chi connectivity index (χ2v) is 9.63. The van der Waals surface area contributed by atoms with Crippen molar-refractivity contribution in [3.8, 4) is 22.7 Å². The lowest BCUT2D eigenvalue weighted by Crippen LogP contribution is -2.16. The molecule has 3 N–H and O–H groups in total. The van der Waals surface area contributed by atoms with Crippen molar-refractivity contribution in [3.05, 3.63) is 39.9 Å². The standard InChI is InChI=1S/C24H29N5O5S/c1-13-10-14-6-7-24(2,3)15(14)11-17(13)34-23-26-16(12-35-23)19(31)27-18-20(32-4)28-22(25-8-9-30)29-21(18)33-5/h10-12,30H,6-9H2,1-5H3,(H,27,31)(H,25,28,29). The Bertz CT molecular complexity index is 1220. The van der Waals surface area contributed by atoms with Crippen LogP contribution in [0.15, 0.2) is 17.5 Å². The van der Waals surface area contributed by atoms with Crippen LogP contribution in [-0.4, -0.2) is 53.3 Å². The van der Waals surface area contributed by atoms with Gasteiger partial charge in [0.2, 0.25) is 17.7 Å². The summed E-state index contributed by atoms with van der Waals surface area (Å²) in [6.45, 7) is 6.65. The molecular weight excluding hydrogens is 470 g/mol. The van der Waals surface area contributed by atoms with E-state index in [9.17, 15) is 4.79 Å². The zero-order chi connectivity index (χ0) is 25.2.